The number of anilines is 1. The number of hydrogen-bond donors (Lipinski definition) is 2. The van der Waals surface area contributed by atoms with Gasteiger partial charge in [0.25, 0.3) is 0 Å². The maximum Gasteiger partial charge on any atom is 0.225 e. The Morgan fingerprint density at radius 2 is 1.94 bits per heavy atom. The second-order valence-electron chi connectivity index (χ2n) is 4.10. The van der Waals surface area contributed by atoms with E-state index < -0.39 is 0 Å². The van der Waals surface area contributed by atoms with Crippen molar-refractivity contribution in [1.82, 2.24) is 5.32 Å². The molecule has 1 heterocycles. The lowest BCUT2D eigenvalue weighted by Gasteiger charge is -2.10. The molecule has 1 aromatic rings. The van der Waals surface area contributed by atoms with Crippen molar-refractivity contribution in [1.29, 1.82) is 0 Å². The Labute approximate surface area is 106 Å². The average molecular weight is 250 g/mol. The Bertz CT molecular complexity index is 386. The van der Waals surface area contributed by atoms with Crippen LogP contribution in [-0.4, -0.2) is 32.7 Å². The second kappa shape index (κ2) is 6.49. The fourth-order valence-corrected chi connectivity index (χ4v) is 1.74. The quantitative estimate of drug-likeness (QED) is 0.826. The summed E-state index contributed by atoms with van der Waals surface area (Å²) >= 11 is 0. The molecular weight excluding hydrogens is 232 g/mol. The summed E-state index contributed by atoms with van der Waals surface area (Å²) in [5.74, 6) is 0.00506. The van der Waals surface area contributed by atoms with Gasteiger partial charge in [-0.1, -0.05) is 12.1 Å². The first kappa shape index (κ1) is 13.0. The third-order valence-electron chi connectivity index (χ3n) is 2.69. The predicted molar refractivity (Wildman–Crippen MR) is 68.3 cm³/mol. The summed E-state index contributed by atoms with van der Waals surface area (Å²) in [6, 6.07) is 7.53. The molecule has 1 aromatic carbocycles. The van der Waals surface area contributed by atoms with Crippen LogP contribution < -0.4 is 10.6 Å². The largest absolute Gasteiger partial charge is 0.346 e. The summed E-state index contributed by atoms with van der Waals surface area (Å²) in [4.78, 5) is 11.5. The van der Waals surface area contributed by atoms with E-state index >= 15 is 0 Å². The van der Waals surface area contributed by atoms with Gasteiger partial charge >= 0.3 is 0 Å². The molecule has 0 atom stereocenters. The summed E-state index contributed by atoms with van der Waals surface area (Å²) < 4.78 is 10.8. The molecule has 1 fully saturated rings. The summed E-state index contributed by atoms with van der Waals surface area (Å²) in [5, 5.41) is 5.77. The van der Waals surface area contributed by atoms with Crippen molar-refractivity contribution in [2.45, 2.75) is 12.7 Å². The normalized spacial score (nSPS) is 15.8. The van der Waals surface area contributed by atoms with Gasteiger partial charge in [-0.2, -0.15) is 0 Å². The number of carbonyl (C=O) groups excluding carboxylic acids is 1. The fourth-order valence-electron chi connectivity index (χ4n) is 1.74. The first-order valence-electron chi connectivity index (χ1n) is 6.07. The zero-order valence-corrected chi connectivity index (χ0v) is 10.4. The maximum absolute atomic E-state index is 11.5. The molecule has 0 bridgehead atoms. The minimum absolute atomic E-state index is 0.00506. The van der Waals surface area contributed by atoms with Crippen molar-refractivity contribution in [2.24, 2.45) is 0 Å². The second-order valence-corrected chi connectivity index (χ2v) is 4.10. The van der Waals surface area contributed by atoms with Gasteiger partial charge in [0.05, 0.1) is 13.2 Å². The highest BCUT2D eigenvalue weighted by Gasteiger charge is 2.17. The molecule has 0 unspecified atom stereocenters. The molecular formula is C13H18N2O3. The third kappa shape index (κ3) is 3.53. The van der Waals surface area contributed by atoms with E-state index in [2.05, 4.69) is 10.6 Å². The summed E-state index contributed by atoms with van der Waals surface area (Å²) in [5.41, 5.74) is 1.76. The molecule has 2 N–H and O–H groups in total. The number of ether oxygens (including phenoxy) is 2. The van der Waals surface area contributed by atoms with Gasteiger partial charge in [-0.25, -0.2) is 0 Å². The van der Waals surface area contributed by atoms with Gasteiger partial charge in [-0.3, -0.25) is 4.79 Å². The first-order valence-corrected chi connectivity index (χ1v) is 6.07. The van der Waals surface area contributed by atoms with Crippen LogP contribution in [0.3, 0.4) is 0 Å². The van der Waals surface area contributed by atoms with Gasteiger partial charge in [-0.05, 0) is 19.2 Å². The van der Waals surface area contributed by atoms with Crippen LogP contribution in [0, 0.1) is 0 Å². The Hall–Kier alpha value is -1.43. The number of nitrogens with one attached hydrogen (secondary N) is 2. The minimum Gasteiger partial charge on any atom is -0.346 e. The monoisotopic (exact) mass is 250 g/mol. The third-order valence-corrected chi connectivity index (χ3v) is 2.69. The van der Waals surface area contributed by atoms with E-state index in [-0.39, 0.29) is 12.2 Å². The lowest BCUT2D eigenvalue weighted by molar-refractivity contribution is -0.116. The molecule has 0 saturated carbocycles. The lowest BCUT2D eigenvalue weighted by atomic mass is 10.2. The van der Waals surface area contributed by atoms with Crippen molar-refractivity contribution in [2.75, 3.05) is 32.1 Å². The average Bonchev–Trinajstić information content (AvgIpc) is 2.91. The number of benzene rings is 1. The molecule has 2 rings (SSSR count). The van der Waals surface area contributed by atoms with Crippen LogP contribution in [0.5, 0.6) is 0 Å². The van der Waals surface area contributed by atoms with E-state index in [1.165, 1.54) is 0 Å². The van der Waals surface area contributed by atoms with Crippen LogP contribution in [0.2, 0.25) is 0 Å². The Morgan fingerprint density at radius 1 is 1.28 bits per heavy atom. The summed E-state index contributed by atoms with van der Waals surface area (Å²) in [6.07, 6.45) is 0.201. The molecule has 1 aliphatic rings. The smallest absolute Gasteiger partial charge is 0.225 e. The van der Waals surface area contributed by atoms with Gasteiger partial charge in [-0.15, -0.1) is 0 Å². The molecule has 1 amide bonds. The number of carbonyl (C=O) groups is 1. The Balaban J connectivity index is 1.88. The van der Waals surface area contributed by atoms with Gasteiger partial charge in [0.15, 0.2) is 6.29 Å². The van der Waals surface area contributed by atoms with Crippen LogP contribution in [0.4, 0.5) is 5.69 Å². The molecule has 5 nitrogen and oxygen atoms in total. The summed E-state index contributed by atoms with van der Waals surface area (Å²) in [7, 11) is 1.82. The number of rotatable bonds is 5. The molecule has 0 radical (unpaired) electrons. The van der Waals surface area contributed by atoms with E-state index in [0.717, 1.165) is 11.3 Å². The Morgan fingerprint density at radius 3 is 2.56 bits per heavy atom. The van der Waals surface area contributed by atoms with Gasteiger partial charge in [0.2, 0.25) is 5.91 Å². The van der Waals surface area contributed by atoms with E-state index in [9.17, 15) is 4.79 Å². The van der Waals surface area contributed by atoms with Gasteiger partial charge in [0.1, 0.15) is 0 Å². The predicted octanol–water partition coefficient (Wildman–Crippen LogP) is 1.28. The fraction of sp³-hybridized carbons (Fsp3) is 0.462. The van der Waals surface area contributed by atoms with Crippen LogP contribution in [0.15, 0.2) is 24.3 Å². The van der Waals surface area contributed by atoms with E-state index in [4.69, 9.17) is 9.47 Å². The molecule has 18 heavy (non-hydrogen) atoms. The Kier molecular flexibility index (Phi) is 4.69. The highest BCUT2D eigenvalue weighted by Crippen LogP contribution is 2.24. The first-order chi connectivity index (χ1) is 8.79. The van der Waals surface area contributed by atoms with Crippen LogP contribution in [0.1, 0.15) is 18.3 Å². The van der Waals surface area contributed by atoms with Gasteiger partial charge < -0.3 is 20.1 Å². The maximum atomic E-state index is 11.5. The van der Waals surface area contributed by atoms with Crippen LogP contribution >= 0.6 is 0 Å². The molecule has 1 saturated heterocycles. The van der Waals surface area contributed by atoms with Crippen molar-refractivity contribution >= 4 is 11.6 Å². The number of amides is 1. The van der Waals surface area contributed by atoms with E-state index in [1.807, 2.05) is 31.3 Å². The molecule has 5 heteroatoms. The van der Waals surface area contributed by atoms with Crippen LogP contribution in [-0.2, 0) is 14.3 Å². The van der Waals surface area contributed by atoms with Crippen molar-refractivity contribution in [3.63, 3.8) is 0 Å². The zero-order valence-electron chi connectivity index (χ0n) is 10.4. The van der Waals surface area contributed by atoms with E-state index in [0.29, 0.717) is 26.2 Å². The van der Waals surface area contributed by atoms with Gasteiger partial charge in [0, 0.05) is 24.2 Å². The molecule has 98 valence electrons. The SMILES string of the molecule is CNCCC(=O)Nc1ccc(C2OCCO2)cc1. The van der Waals surface area contributed by atoms with Crippen molar-refractivity contribution < 1.29 is 14.3 Å². The van der Waals surface area contributed by atoms with Crippen LogP contribution in [0.25, 0.3) is 0 Å². The van der Waals surface area contributed by atoms with Crippen molar-refractivity contribution in [3.05, 3.63) is 29.8 Å². The molecule has 0 aliphatic carbocycles. The standard InChI is InChI=1S/C13H18N2O3/c1-14-7-6-12(16)15-11-4-2-10(3-5-11)13-17-8-9-18-13/h2-5,13-14H,6-9H2,1H3,(H,15,16). The minimum atomic E-state index is -0.265. The van der Waals surface area contributed by atoms with E-state index in [1.54, 1.807) is 0 Å². The topological polar surface area (TPSA) is 59.6 Å². The highest BCUT2D eigenvalue weighted by atomic mass is 16.7. The highest BCUT2D eigenvalue weighted by molar-refractivity contribution is 5.90. The zero-order chi connectivity index (χ0) is 12.8. The van der Waals surface area contributed by atoms with Crippen molar-refractivity contribution in [3.8, 4) is 0 Å². The number of hydrogen-bond acceptors (Lipinski definition) is 4. The lowest BCUT2D eigenvalue weighted by Crippen LogP contribution is -2.18. The molecule has 1 aliphatic heterocycles. The molecule has 0 aromatic heterocycles. The molecule has 0 spiro atoms. The summed E-state index contributed by atoms with van der Waals surface area (Å²) in [6.45, 7) is 1.94.